The highest BCUT2D eigenvalue weighted by Gasteiger charge is 2.16. The number of aryl methyl sites for hydroxylation is 1. The Morgan fingerprint density at radius 1 is 1.53 bits per heavy atom. The van der Waals surface area contributed by atoms with Gasteiger partial charge < -0.3 is 4.74 Å². The maximum atomic E-state index is 11.4. The molecular weight excluding hydrogens is 230 g/mol. The predicted octanol–water partition coefficient (Wildman–Crippen LogP) is 2.97. The molecule has 2 heterocycles. The fourth-order valence-electron chi connectivity index (χ4n) is 1.19. The van der Waals surface area contributed by atoms with Crippen molar-refractivity contribution >= 4 is 28.6 Å². The molecule has 78 valence electrons. The first-order chi connectivity index (χ1) is 7.22. The molecule has 0 aliphatic carbocycles. The van der Waals surface area contributed by atoms with E-state index in [1.54, 1.807) is 11.3 Å². The molecule has 0 spiro atoms. The summed E-state index contributed by atoms with van der Waals surface area (Å²) in [6, 6.07) is 1.99. The van der Waals surface area contributed by atoms with Gasteiger partial charge in [-0.3, -0.25) is 0 Å². The lowest BCUT2D eigenvalue weighted by Gasteiger charge is -1.93. The molecule has 0 N–H and O–H groups in total. The normalized spacial score (nSPS) is 10.3. The van der Waals surface area contributed by atoms with Crippen LogP contribution in [-0.4, -0.2) is 18.1 Å². The molecule has 0 unspecified atom stereocenters. The molecule has 0 radical (unpaired) electrons. The van der Waals surface area contributed by atoms with Crippen LogP contribution in [0.15, 0.2) is 16.8 Å². The molecule has 0 atom stereocenters. The van der Waals surface area contributed by atoms with E-state index in [4.69, 9.17) is 0 Å². The van der Waals surface area contributed by atoms with Gasteiger partial charge in [0.2, 0.25) is 0 Å². The zero-order chi connectivity index (χ0) is 10.8. The molecule has 0 aliphatic heterocycles. The van der Waals surface area contributed by atoms with Crippen LogP contribution in [0.25, 0.3) is 10.6 Å². The van der Waals surface area contributed by atoms with Crippen molar-refractivity contribution in [1.82, 2.24) is 4.98 Å². The number of ether oxygens (including phenoxy) is 1. The number of aromatic nitrogens is 1. The van der Waals surface area contributed by atoms with Crippen molar-refractivity contribution in [2.24, 2.45) is 0 Å². The summed E-state index contributed by atoms with van der Waals surface area (Å²) in [4.78, 5) is 16.3. The zero-order valence-corrected chi connectivity index (χ0v) is 9.95. The van der Waals surface area contributed by atoms with Gasteiger partial charge in [-0.1, -0.05) is 0 Å². The van der Waals surface area contributed by atoms with Crippen LogP contribution in [-0.2, 0) is 4.74 Å². The summed E-state index contributed by atoms with van der Waals surface area (Å²) < 4.78 is 4.68. The van der Waals surface area contributed by atoms with Gasteiger partial charge in [-0.15, -0.1) is 11.3 Å². The first kappa shape index (κ1) is 10.3. The summed E-state index contributed by atoms with van der Waals surface area (Å²) in [5.41, 5.74) is 1.79. The van der Waals surface area contributed by atoms with E-state index in [2.05, 4.69) is 9.72 Å². The molecule has 0 bridgehead atoms. The Morgan fingerprint density at radius 2 is 2.33 bits per heavy atom. The lowest BCUT2D eigenvalue weighted by molar-refractivity contribution is 0.0605. The number of thiazole rings is 1. The minimum absolute atomic E-state index is 0.313. The van der Waals surface area contributed by atoms with Gasteiger partial charge >= 0.3 is 5.97 Å². The largest absolute Gasteiger partial charge is 0.465 e. The number of carbonyl (C=O) groups is 1. The van der Waals surface area contributed by atoms with E-state index in [0.717, 1.165) is 16.3 Å². The third-order valence-electron chi connectivity index (χ3n) is 1.94. The number of esters is 1. The summed E-state index contributed by atoms with van der Waals surface area (Å²) >= 11 is 2.99. The van der Waals surface area contributed by atoms with Gasteiger partial charge in [0, 0.05) is 10.9 Å². The van der Waals surface area contributed by atoms with Crippen molar-refractivity contribution in [2.45, 2.75) is 6.92 Å². The van der Waals surface area contributed by atoms with E-state index in [1.807, 2.05) is 23.8 Å². The molecule has 5 heteroatoms. The van der Waals surface area contributed by atoms with Gasteiger partial charge in [-0.2, -0.15) is 11.3 Å². The summed E-state index contributed by atoms with van der Waals surface area (Å²) in [5, 5.41) is 4.87. The Kier molecular flexibility index (Phi) is 2.83. The summed E-state index contributed by atoms with van der Waals surface area (Å²) in [7, 11) is 1.38. The average molecular weight is 239 g/mol. The van der Waals surface area contributed by atoms with Gasteiger partial charge in [-0.25, -0.2) is 9.78 Å². The van der Waals surface area contributed by atoms with Crippen molar-refractivity contribution in [2.75, 3.05) is 7.11 Å². The first-order valence-corrected chi connectivity index (χ1v) is 6.06. The Bertz CT molecular complexity index is 474. The quantitative estimate of drug-likeness (QED) is 0.756. The molecule has 3 nitrogen and oxygen atoms in total. The van der Waals surface area contributed by atoms with Crippen molar-refractivity contribution in [1.29, 1.82) is 0 Å². The molecule has 0 amide bonds. The second-order valence-electron chi connectivity index (χ2n) is 2.94. The molecule has 0 saturated heterocycles. The van der Waals surface area contributed by atoms with E-state index in [1.165, 1.54) is 18.4 Å². The Labute approximate surface area is 95.4 Å². The summed E-state index contributed by atoms with van der Waals surface area (Å²) in [6.07, 6.45) is 0. The smallest absolute Gasteiger partial charge is 0.349 e. The van der Waals surface area contributed by atoms with Crippen LogP contribution < -0.4 is 0 Å². The third-order valence-corrected chi connectivity index (χ3v) is 3.81. The summed E-state index contributed by atoms with van der Waals surface area (Å²) in [5.74, 6) is -0.313. The molecule has 0 saturated carbocycles. The number of rotatable bonds is 2. The number of hydrogen-bond donors (Lipinski definition) is 0. The number of hydrogen-bond acceptors (Lipinski definition) is 5. The maximum absolute atomic E-state index is 11.4. The fraction of sp³-hybridized carbons (Fsp3) is 0.200. The molecule has 0 aromatic carbocycles. The highest BCUT2D eigenvalue weighted by atomic mass is 32.1. The molecule has 15 heavy (non-hydrogen) atoms. The number of thiophene rings is 1. The van der Waals surface area contributed by atoms with Gasteiger partial charge in [-0.05, 0) is 18.4 Å². The number of nitrogens with zero attached hydrogens (tertiary/aromatic N) is 1. The number of methoxy groups -OCH3 is 1. The van der Waals surface area contributed by atoms with Gasteiger partial charge in [0.15, 0.2) is 0 Å². The van der Waals surface area contributed by atoms with Crippen LogP contribution in [0.1, 0.15) is 15.4 Å². The Morgan fingerprint density at radius 3 is 2.93 bits per heavy atom. The molecule has 0 aliphatic rings. The second kappa shape index (κ2) is 4.12. The minimum atomic E-state index is -0.313. The summed E-state index contributed by atoms with van der Waals surface area (Å²) in [6.45, 7) is 1.82. The van der Waals surface area contributed by atoms with Gasteiger partial charge in [0.05, 0.1) is 12.8 Å². The number of carbonyl (C=O) groups excluding carboxylic acids is 1. The van der Waals surface area contributed by atoms with Crippen LogP contribution in [0.5, 0.6) is 0 Å². The molecule has 2 aromatic rings. The topological polar surface area (TPSA) is 39.2 Å². The van der Waals surface area contributed by atoms with E-state index in [9.17, 15) is 4.79 Å². The second-order valence-corrected chi connectivity index (χ2v) is 4.72. The third kappa shape index (κ3) is 1.93. The highest BCUT2D eigenvalue weighted by molar-refractivity contribution is 7.17. The lowest BCUT2D eigenvalue weighted by atomic mass is 10.3. The van der Waals surface area contributed by atoms with E-state index in [0.29, 0.717) is 4.88 Å². The van der Waals surface area contributed by atoms with Crippen molar-refractivity contribution in [3.63, 3.8) is 0 Å². The standard InChI is InChI=1S/C10H9NO2S2/c1-6-8(10(12)13-2)15-9(11-6)7-3-4-14-5-7/h3-5H,1-2H3. The first-order valence-electron chi connectivity index (χ1n) is 4.30. The van der Waals surface area contributed by atoms with Crippen molar-refractivity contribution in [3.8, 4) is 10.6 Å². The van der Waals surface area contributed by atoms with E-state index >= 15 is 0 Å². The molecular formula is C10H9NO2S2. The molecule has 2 aromatic heterocycles. The zero-order valence-electron chi connectivity index (χ0n) is 8.31. The van der Waals surface area contributed by atoms with Gasteiger partial charge in [0.1, 0.15) is 9.88 Å². The van der Waals surface area contributed by atoms with E-state index in [-0.39, 0.29) is 5.97 Å². The molecule has 2 rings (SSSR count). The minimum Gasteiger partial charge on any atom is -0.465 e. The van der Waals surface area contributed by atoms with Crippen LogP contribution in [0.2, 0.25) is 0 Å². The van der Waals surface area contributed by atoms with Crippen molar-refractivity contribution < 1.29 is 9.53 Å². The van der Waals surface area contributed by atoms with Gasteiger partial charge in [0.25, 0.3) is 0 Å². The maximum Gasteiger partial charge on any atom is 0.349 e. The highest BCUT2D eigenvalue weighted by Crippen LogP contribution is 2.29. The average Bonchev–Trinajstić information content (AvgIpc) is 2.84. The van der Waals surface area contributed by atoms with Crippen LogP contribution >= 0.6 is 22.7 Å². The van der Waals surface area contributed by atoms with E-state index < -0.39 is 0 Å². The van der Waals surface area contributed by atoms with Crippen LogP contribution in [0.3, 0.4) is 0 Å². The monoisotopic (exact) mass is 239 g/mol. The Balaban J connectivity index is 2.41. The van der Waals surface area contributed by atoms with Crippen molar-refractivity contribution in [3.05, 3.63) is 27.4 Å². The fourth-order valence-corrected chi connectivity index (χ4v) is 2.88. The lowest BCUT2D eigenvalue weighted by Crippen LogP contribution is -1.99. The predicted molar refractivity (Wildman–Crippen MR) is 61.5 cm³/mol. The SMILES string of the molecule is COC(=O)c1sc(-c2ccsc2)nc1C. The van der Waals surface area contributed by atoms with Crippen LogP contribution in [0, 0.1) is 6.92 Å². The van der Waals surface area contributed by atoms with Crippen LogP contribution in [0.4, 0.5) is 0 Å². The Hall–Kier alpha value is -1.20. The molecule has 0 fully saturated rings.